The third kappa shape index (κ3) is 4.59. The largest absolute Gasteiger partial charge is 0.409 e. The smallest absolute Gasteiger partial charge is 0.167 e. The molecule has 1 aromatic rings. The monoisotopic (exact) mass is 276 g/mol. The molecule has 0 atom stereocenters. The van der Waals surface area contributed by atoms with E-state index in [4.69, 9.17) is 0 Å². The summed E-state index contributed by atoms with van der Waals surface area (Å²) >= 11 is 1.13. The Bertz CT molecular complexity index is 374. The molecular formula is C12H15F3SSi. The van der Waals surface area contributed by atoms with Crippen molar-refractivity contribution in [3.63, 3.8) is 0 Å². The van der Waals surface area contributed by atoms with Crippen LogP contribution >= 0.6 is 11.8 Å². The molecule has 0 N–H and O–H groups in total. The van der Waals surface area contributed by atoms with Crippen LogP contribution in [0.5, 0.6) is 0 Å². The van der Waals surface area contributed by atoms with Crippen LogP contribution in [0.1, 0.15) is 0 Å². The summed E-state index contributed by atoms with van der Waals surface area (Å²) in [5.41, 5.74) is 0. The Morgan fingerprint density at radius 3 is 2.06 bits per heavy atom. The summed E-state index contributed by atoms with van der Waals surface area (Å²) in [4.78, 5) is 0.826. The van der Waals surface area contributed by atoms with E-state index < -0.39 is 14.3 Å². The number of hydrogen-bond donors (Lipinski definition) is 0. The summed E-state index contributed by atoms with van der Waals surface area (Å²) in [5, 5.41) is 0.903. The van der Waals surface area contributed by atoms with Crippen LogP contribution in [0.25, 0.3) is 0 Å². The Hall–Kier alpha value is -0.683. The van der Waals surface area contributed by atoms with Crippen molar-refractivity contribution in [3.05, 3.63) is 40.9 Å². The van der Waals surface area contributed by atoms with E-state index in [1.807, 2.05) is 18.2 Å². The topological polar surface area (TPSA) is 0 Å². The first-order valence-electron chi connectivity index (χ1n) is 5.21. The van der Waals surface area contributed by atoms with E-state index in [9.17, 15) is 13.2 Å². The Morgan fingerprint density at radius 2 is 1.65 bits per heavy atom. The third-order valence-electron chi connectivity index (χ3n) is 2.17. The summed E-state index contributed by atoms with van der Waals surface area (Å²) in [5.74, 6) is 0. The molecule has 0 saturated heterocycles. The van der Waals surface area contributed by atoms with Gasteiger partial charge in [0, 0.05) is 10.1 Å². The zero-order valence-electron chi connectivity index (χ0n) is 10.0. The van der Waals surface area contributed by atoms with Crippen LogP contribution in [-0.4, -0.2) is 14.3 Å². The molecule has 0 heterocycles. The molecule has 0 aliphatic carbocycles. The lowest BCUT2D eigenvalue weighted by molar-refractivity contribution is -0.0854. The van der Waals surface area contributed by atoms with Crippen LogP contribution in [0.4, 0.5) is 13.2 Å². The van der Waals surface area contributed by atoms with Crippen molar-refractivity contribution >= 4 is 19.8 Å². The van der Waals surface area contributed by atoms with Gasteiger partial charge in [0.05, 0.1) is 8.07 Å². The molecule has 0 amide bonds. The van der Waals surface area contributed by atoms with Crippen molar-refractivity contribution in [2.45, 2.75) is 30.7 Å². The maximum Gasteiger partial charge on any atom is 0.409 e. The predicted molar refractivity (Wildman–Crippen MR) is 69.8 cm³/mol. The predicted octanol–water partition coefficient (Wildman–Crippen LogP) is 5.10. The lowest BCUT2D eigenvalue weighted by Gasteiger charge is -2.23. The van der Waals surface area contributed by atoms with Crippen molar-refractivity contribution < 1.29 is 13.2 Å². The minimum Gasteiger partial charge on any atom is -0.167 e. The fourth-order valence-electron chi connectivity index (χ4n) is 1.29. The second kappa shape index (κ2) is 5.31. The Morgan fingerprint density at radius 1 is 1.12 bits per heavy atom. The quantitative estimate of drug-likeness (QED) is 0.546. The van der Waals surface area contributed by atoms with E-state index >= 15 is 0 Å². The Labute approximate surface area is 105 Å². The average molecular weight is 276 g/mol. The van der Waals surface area contributed by atoms with Crippen molar-refractivity contribution in [1.82, 2.24) is 0 Å². The molecule has 0 saturated carbocycles. The summed E-state index contributed by atoms with van der Waals surface area (Å²) in [6.07, 6.45) is -4.22. The second-order valence-corrected chi connectivity index (χ2v) is 10.7. The number of alkyl halides is 3. The van der Waals surface area contributed by atoms with Crippen LogP contribution < -0.4 is 0 Å². The van der Waals surface area contributed by atoms with Crippen LogP contribution in [0, 0.1) is 0 Å². The maximum atomic E-state index is 12.9. The van der Waals surface area contributed by atoms with Gasteiger partial charge in [-0.05, 0) is 17.5 Å². The van der Waals surface area contributed by atoms with Crippen molar-refractivity contribution in [3.8, 4) is 0 Å². The molecule has 17 heavy (non-hydrogen) atoms. The van der Waals surface area contributed by atoms with Gasteiger partial charge in [0.15, 0.2) is 0 Å². The molecule has 0 aliphatic heterocycles. The summed E-state index contributed by atoms with van der Waals surface area (Å²) in [6.45, 7) is 5.12. The van der Waals surface area contributed by atoms with E-state index in [1.165, 1.54) is 5.41 Å². The molecule has 5 heteroatoms. The molecule has 1 aromatic carbocycles. The molecule has 0 unspecified atom stereocenters. The van der Waals surface area contributed by atoms with Gasteiger partial charge in [-0.2, -0.15) is 13.2 Å². The van der Waals surface area contributed by atoms with Gasteiger partial charge in [0.1, 0.15) is 0 Å². The number of thioether (sulfide) groups is 1. The van der Waals surface area contributed by atoms with E-state index in [0.29, 0.717) is 0 Å². The van der Waals surface area contributed by atoms with Crippen LogP contribution in [0.2, 0.25) is 19.6 Å². The van der Waals surface area contributed by atoms with Gasteiger partial charge in [-0.3, -0.25) is 0 Å². The number of allylic oxidation sites excluding steroid dienone is 1. The normalized spacial score (nSPS) is 13.9. The highest BCUT2D eigenvalue weighted by molar-refractivity contribution is 8.02. The minimum atomic E-state index is -4.22. The van der Waals surface area contributed by atoms with Gasteiger partial charge >= 0.3 is 6.18 Å². The fourth-order valence-corrected chi connectivity index (χ4v) is 4.44. The molecule has 0 radical (unpaired) electrons. The first kappa shape index (κ1) is 14.4. The number of benzene rings is 1. The molecule has 0 aliphatic rings. The van der Waals surface area contributed by atoms with E-state index in [-0.39, 0.29) is 5.20 Å². The lowest BCUT2D eigenvalue weighted by Crippen LogP contribution is -2.33. The highest BCUT2D eigenvalue weighted by Crippen LogP contribution is 2.36. The van der Waals surface area contributed by atoms with Crippen LogP contribution in [-0.2, 0) is 0 Å². The first-order chi connectivity index (χ1) is 7.71. The highest BCUT2D eigenvalue weighted by Gasteiger charge is 2.41. The van der Waals surface area contributed by atoms with Crippen LogP contribution in [0.15, 0.2) is 45.8 Å². The van der Waals surface area contributed by atoms with Crippen molar-refractivity contribution in [1.29, 1.82) is 0 Å². The molecule has 94 valence electrons. The molecular weight excluding hydrogens is 261 g/mol. The summed E-state index contributed by atoms with van der Waals surface area (Å²) in [6, 6.07) is 9.09. The molecule has 0 fully saturated rings. The van der Waals surface area contributed by atoms with Gasteiger partial charge in [-0.1, -0.05) is 49.6 Å². The molecule has 1 rings (SSSR count). The van der Waals surface area contributed by atoms with E-state index in [0.717, 1.165) is 16.7 Å². The summed E-state index contributed by atoms with van der Waals surface area (Å²) in [7, 11) is -2.36. The van der Waals surface area contributed by atoms with Crippen molar-refractivity contribution in [2.75, 3.05) is 0 Å². The molecule has 0 nitrogen and oxygen atoms in total. The van der Waals surface area contributed by atoms with Gasteiger partial charge in [-0.25, -0.2) is 0 Å². The lowest BCUT2D eigenvalue weighted by atomic mass is 10.4. The number of halogens is 3. The SMILES string of the molecule is C[Si](C)(C)/C(=C\Sc1ccccc1)C(F)(F)F. The number of hydrogen-bond acceptors (Lipinski definition) is 1. The average Bonchev–Trinajstić information content (AvgIpc) is 2.15. The van der Waals surface area contributed by atoms with E-state index in [1.54, 1.807) is 31.8 Å². The van der Waals surface area contributed by atoms with E-state index in [2.05, 4.69) is 0 Å². The zero-order valence-corrected chi connectivity index (χ0v) is 11.8. The molecule has 0 aromatic heterocycles. The maximum absolute atomic E-state index is 12.9. The van der Waals surface area contributed by atoms with Gasteiger partial charge in [0.25, 0.3) is 0 Å². The fraction of sp³-hybridized carbons (Fsp3) is 0.333. The second-order valence-electron chi connectivity index (χ2n) is 4.71. The van der Waals surface area contributed by atoms with Crippen molar-refractivity contribution in [2.24, 2.45) is 0 Å². The number of rotatable bonds is 3. The Kier molecular flexibility index (Phi) is 4.49. The first-order valence-corrected chi connectivity index (χ1v) is 9.59. The zero-order chi connectivity index (χ0) is 13.1. The molecule has 0 spiro atoms. The Balaban J connectivity index is 2.93. The minimum absolute atomic E-state index is 0.362. The highest BCUT2D eigenvalue weighted by atomic mass is 32.2. The standard InChI is InChI=1S/C12H15F3SSi/c1-17(2,3)11(12(13,14)15)9-16-10-7-5-4-6-8-10/h4-9H,1-3H3/b11-9-. The molecule has 0 bridgehead atoms. The third-order valence-corrected chi connectivity index (χ3v) is 5.32. The van der Waals surface area contributed by atoms with Gasteiger partial charge < -0.3 is 0 Å². The summed E-state index contributed by atoms with van der Waals surface area (Å²) < 4.78 is 38.6. The van der Waals surface area contributed by atoms with Gasteiger partial charge in [0.2, 0.25) is 0 Å². The van der Waals surface area contributed by atoms with Crippen LogP contribution in [0.3, 0.4) is 0 Å². The van der Waals surface area contributed by atoms with Gasteiger partial charge in [-0.15, -0.1) is 0 Å².